The molecule has 0 bridgehead atoms. The van der Waals surface area contributed by atoms with Gasteiger partial charge in [-0.25, -0.2) is 13.2 Å². The van der Waals surface area contributed by atoms with Crippen LogP contribution in [0.2, 0.25) is 0 Å². The number of halogens is 3. The number of benzene rings is 3. The second-order valence-electron chi connectivity index (χ2n) is 9.12. The monoisotopic (exact) mass is 498 g/mol. The predicted molar refractivity (Wildman–Crippen MR) is 130 cm³/mol. The summed E-state index contributed by atoms with van der Waals surface area (Å²) in [6.07, 6.45) is 1.21. The Bertz CT molecular complexity index is 1220. The van der Waals surface area contributed by atoms with E-state index in [1.165, 1.54) is 18.2 Å². The van der Waals surface area contributed by atoms with E-state index in [2.05, 4.69) is 0 Å². The van der Waals surface area contributed by atoms with E-state index in [0.29, 0.717) is 54.7 Å². The molecule has 7 heteroatoms. The minimum absolute atomic E-state index is 0.156. The molecular formula is C29H29F3O4. The van der Waals surface area contributed by atoms with Gasteiger partial charge in [0.2, 0.25) is 0 Å². The van der Waals surface area contributed by atoms with Crippen molar-refractivity contribution in [2.24, 2.45) is 5.92 Å². The van der Waals surface area contributed by atoms with Crippen molar-refractivity contribution in [1.29, 1.82) is 0 Å². The van der Waals surface area contributed by atoms with E-state index in [1.807, 2.05) is 0 Å². The van der Waals surface area contributed by atoms with E-state index in [4.69, 9.17) is 9.47 Å². The molecule has 0 aromatic heterocycles. The molecule has 3 aromatic carbocycles. The molecule has 0 spiro atoms. The van der Waals surface area contributed by atoms with Crippen molar-refractivity contribution in [3.8, 4) is 22.6 Å². The molecule has 1 saturated carbocycles. The number of esters is 1. The van der Waals surface area contributed by atoms with Gasteiger partial charge in [0, 0.05) is 11.6 Å². The Morgan fingerprint density at radius 2 is 1.67 bits per heavy atom. The summed E-state index contributed by atoms with van der Waals surface area (Å²) in [5.41, 5.74) is 1.66. The number of ether oxygens (including phenoxy) is 2. The lowest BCUT2D eigenvalue weighted by Crippen LogP contribution is -2.25. The van der Waals surface area contributed by atoms with Gasteiger partial charge in [-0.2, -0.15) is 0 Å². The molecule has 36 heavy (non-hydrogen) atoms. The van der Waals surface area contributed by atoms with Crippen LogP contribution in [0.5, 0.6) is 11.5 Å². The number of aliphatic hydroxyl groups is 1. The molecule has 0 radical (unpaired) electrons. The average Bonchev–Trinajstić information content (AvgIpc) is 2.87. The SMILES string of the molecule is CCOc1ccc(OC(=O)C2CCC(c3ccc(-c4ccc(C(C)O)cc4)c(F)c3F)CC2)c(F)c1. The van der Waals surface area contributed by atoms with Gasteiger partial charge in [-0.1, -0.05) is 36.4 Å². The molecule has 1 aliphatic rings. The Kier molecular flexibility index (Phi) is 7.99. The first-order chi connectivity index (χ1) is 17.3. The molecule has 1 N–H and O–H groups in total. The van der Waals surface area contributed by atoms with Crippen molar-refractivity contribution in [2.45, 2.75) is 51.6 Å². The Hall–Kier alpha value is -3.32. The summed E-state index contributed by atoms with van der Waals surface area (Å²) < 4.78 is 54.8. The zero-order chi connectivity index (χ0) is 25.8. The number of hydrogen-bond donors (Lipinski definition) is 1. The second-order valence-corrected chi connectivity index (χ2v) is 9.12. The van der Waals surface area contributed by atoms with Crippen molar-refractivity contribution >= 4 is 5.97 Å². The van der Waals surface area contributed by atoms with Crippen LogP contribution in [0, 0.1) is 23.4 Å². The second kappa shape index (κ2) is 11.2. The van der Waals surface area contributed by atoms with E-state index in [-0.39, 0.29) is 17.2 Å². The van der Waals surface area contributed by atoms with Crippen LogP contribution in [0.15, 0.2) is 54.6 Å². The summed E-state index contributed by atoms with van der Waals surface area (Å²) in [5.74, 6) is -3.47. The van der Waals surface area contributed by atoms with Crippen LogP contribution >= 0.6 is 0 Å². The van der Waals surface area contributed by atoms with Crippen molar-refractivity contribution in [3.05, 3.63) is 83.2 Å². The standard InChI is InChI=1S/C29H29F3O4/c1-3-35-22-12-15-26(25(30)16-22)36-29(34)21-10-8-20(9-11-21)24-14-13-23(27(31)28(24)32)19-6-4-18(5-7-19)17(2)33/h4-7,12-17,20-21,33H,3,8-11H2,1-2H3. The third kappa shape index (κ3) is 5.57. The topological polar surface area (TPSA) is 55.8 Å². The zero-order valence-corrected chi connectivity index (χ0v) is 20.3. The third-order valence-corrected chi connectivity index (χ3v) is 6.74. The zero-order valence-electron chi connectivity index (χ0n) is 20.3. The number of carbonyl (C=O) groups excluding carboxylic acids is 1. The fraction of sp³-hybridized carbons (Fsp3) is 0.345. The first kappa shape index (κ1) is 25.8. The summed E-state index contributed by atoms with van der Waals surface area (Å²) in [5, 5.41) is 9.65. The smallest absolute Gasteiger partial charge is 0.314 e. The highest BCUT2D eigenvalue weighted by molar-refractivity contribution is 5.75. The van der Waals surface area contributed by atoms with Crippen molar-refractivity contribution in [1.82, 2.24) is 0 Å². The molecule has 4 nitrogen and oxygen atoms in total. The van der Waals surface area contributed by atoms with Crippen LogP contribution in [0.4, 0.5) is 13.2 Å². The first-order valence-corrected chi connectivity index (χ1v) is 12.2. The van der Waals surface area contributed by atoms with Gasteiger partial charge >= 0.3 is 5.97 Å². The quantitative estimate of drug-likeness (QED) is 0.279. The maximum atomic E-state index is 15.1. The molecule has 1 unspecified atom stereocenters. The first-order valence-electron chi connectivity index (χ1n) is 12.2. The lowest BCUT2D eigenvalue weighted by atomic mass is 9.78. The predicted octanol–water partition coefficient (Wildman–Crippen LogP) is 7.10. The highest BCUT2D eigenvalue weighted by Gasteiger charge is 2.31. The summed E-state index contributed by atoms with van der Waals surface area (Å²) >= 11 is 0. The van der Waals surface area contributed by atoms with Crippen LogP contribution in [0.1, 0.15) is 62.7 Å². The number of carbonyl (C=O) groups is 1. The maximum Gasteiger partial charge on any atom is 0.314 e. The molecule has 0 amide bonds. The van der Waals surface area contributed by atoms with Gasteiger partial charge in [-0.05, 0) is 74.3 Å². The van der Waals surface area contributed by atoms with E-state index >= 15 is 4.39 Å². The number of rotatable bonds is 7. The summed E-state index contributed by atoms with van der Waals surface area (Å²) in [7, 11) is 0. The third-order valence-electron chi connectivity index (χ3n) is 6.74. The summed E-state index contributed by atoms with van der Waals surface area (Å²) in [6, 6.07) is 13.9. The highest BCUT2D eigenvalue weighted by Crippen LogP contribution is 2.39. The number of aliphatic hydroxyl groups excluding tert-OH is 1. The fourth-order valence-electron chi connectivity index (χ4n) is 4.70. The van der Waals surface area contributed by atoms with Gasteiger partial charge in [0.1, 0.15) is 5.75 Å². The lowest BCUT2D eigenvalue weighted by molar-refractivity contribution is -0.140. The van der Waals surface area contributed by atoms with Crippen LogP contribution in [0.25, 0.3) is 11.1 Å². The van der Waals surface area contributed by atoms with Crippen LogP contribution in [-0.4, -0.2) is 17.7 Å². The molecule has 0 saturated heterocycles. The van der Waals surface area contributed by atoms with Gasteiger partial charge in [0.05, 0.1) is 18.6 Å². The molecular weight excluding hydrogens is 469 g/mol. The maximum absolute atomic E-state index is 15.1. The molecule has 0 aliphatic heterocycles. The van der Waals surface area contributed by atoms with E-state index in [1.54, 1.807) is 50.2 Å². The minimum Gasteiger partial charge on any atom is -0.494 e. The summed E-state index contributed by atoms with van der Waals surface area (Å²) in [4.78, 5) is 12.6. The van der Waals surface area contributed by atoms with Crippen LogP contribution < -0.4 is 9.47 Å². The molecule has 1 atom stereocenters. The van der Waals surface area contributed by atoms with Gasteiger partial charge in [0.15, 0.2) is 23.2 Å². The Balaban J connectivity index is 1.40. The van der Waals surface area contributed by atoms with Gasteiger partial charge in [-0.3, -0.25) is 4.79 Å². The van der Waals surface area contributed by atoms with E-state index < -0.39 is 35.4 Å². The van der Waals surface area contributed by atoms with Gasteiger partial charge in [-0.15, -0.1) is 0 Å². The van der Waals surface area contributed by atoms with Crippen molar-refractivity contribution < 1.29 is 32.5 Å². The Morgan fingerprint density at radius 3 is 2.28 bits per heavy atom. The van der Waals surface area contributed by atoms with Crippen LogP contribution in [0.3, 0.4) is 0 Å². The average molecular weight is 499 g/mol. The Labute approximate surface area is 208 Å². The van der Waals surface area contributed by atoms with E-state index in [0.717, 1.165) is 0 Å². The lowest BCUT2D eigenvalue weighted by Gasteiger charge is -2.28. The minimum atomic E-state index is -0.912. The van der Waals surface area contributed by atoms with E-state index in [9.17, 15) is 18.7 Å². The molecule has 1 fully saturated rings. The summed E-state index contributed by atoms with van der Waals surface area (Å²) in [6.45, 7) is 3.82. The fourth-order valence-corrected chi connectivity index (χ4v) is 4.70. The normalized spacial score (nSPS) is 18.5. The van der Waals surface area contributed by atoms with Crippen molar-refractivity contribution in [3.63, 3.8) is 0 Å². The van der Waals surface area contributed by atoms with Gasteiger partial charge < -0.3 is 14.6 Å². The molecule has 4 rings (SSSR count). The molecule has 3 aromatic rings. The largest absolute Gasteiger partial charge is 0.494 e. The highest BCUT2D eigenvalue weighted by atomic mass is 19.2. The van der Waals surface area contributed by atoms with Crippen molar-refractivity contribution in [2.75, 3.05) is 6.61 Å². The molecule has 190 valence electrons. The van der Waals surface area contributed by atoms with Crippen LogP contribution in [-0.2, 0) is 4.79 Å². The molecule has 1 aliphatic carbocycles. The Morgan fingerprint density at radius 1 is 0.972 bits per heavy atom. The number of hydrogen-bond acceptors (Lipinski definition) is 4. The van der Waals surface area contributed by atoms with Gasteiger partial charge in [0.25, 0.3) is 0 Å². The molecule has 0 heterocycles.